The van der Waals surface area contributed by atoms with Gasteiger partial charge in [0.25, 0.3) is 0 Å². The highest BCUT2D eigenvalue weighted by atomic mass is 16.6. The van der Waals surface area contributed by atoms with E-state index in [0.717, 1.165) is 25.7 Å². The average Bonchev–Trinajstić information content (AvgIpc) is 2.69. The van der Waals surface area contributed by atoms with E-state index in [9.17, 15) is 9.90 Å². The molecule has 2 unspecified atom stereocenters. The van der Waals surface area contributed by atoms with Crippen LogP contribution in [0.2, 0.25) is 0 Å². The number of carbonyl (C=O) groups excluding carboxylic acids is 1. The van der Waals surface area contributed by atoms with Gasteiger partial charge in [0, 0.05) is 17.4 Å². The molecule has 1 saturated heterocycles. The van der Waals surface area contributed by atoms with Gasteiger partial charge in [-0.2, -0.15) is 0 Å². The summed E-state index contributed by atoms with van der Waals surface area (Å²) in [7, 11) is 0. The van der Waals surface area contributed by atoms with Crippen LogP contribution in [0.25, 0.3) is 0 Å². The van der Waals surface area contributed by atoms with Crippen molar-refractivity contribution in [1.29, 1.82) is 0 Å². The molecule has 0 amide bonds. The smallest absolute Gasteiger partial charge is 0.334 e. The van der Waals surface area contributed by atoms with Crippen LogP contribution in [0.4, 0.5) is 0 Å². The monoisotopic (exact) mass is 248 g/mol. The molecule has 3 aliphatic rings. The first-order chi connectivity index (χ1) is 8.42. The molecule has 2 fully saturated rings. The predicted molar refractivity (Wildman–Crippen MR) is 67.8 cm³/mol. The van der Waals surface area contributed by atoms with Crippen molar-refractivity contribution in [2.24, 2.45) is 11.8 Å². The second-order valence-corrected chi connectivity index (χ2v) is 6.18. The number of ether oxygens (including phenoxy) is 1. The highest BCUT2D eigenvalue weighted by molar-refractivity contribution is 5.91. The van der Waals surface area contributed by atoms with Gasteiger partial charge in [0.05, 0.1) is 5.60 Å². The number of hydrogen-bond acceptors (Lipinski definition) is 3. The van der Waals surface area contributed by atoms with Crippen molar-refractivity contribution in [2.45, 2.75) is 51.2 Å². The SMILES string of the molecule is C=C1C(=O)O[C@H]2C1CCC(C)=C1CC[C@@](C)(O)C12. The van der Waals surface area contributed by atoms with Crippen molar-refractivity contribution < 1.29 is 14.6 Å². The predicted octanol–water partition coefficient (Wildman–Crippen LogP) is 2.36. The van der Waals surface area contributed by atoms with E-state index in [1.807, 2.05) is 6.92 Å². The first kappa shape index (κ1) is 12.0. The Morgan fingerprint density at radius 1 is 1.44 bits per heavy atom. The fourth-order valence-electron chi connectivity index (χ4n) is 3.91. The Morgan fingerprint density at radius 3 is 2.89 bits per heavy atom. The minimum Gasteiger partial charge on any atom is -0.458 e. The van der Waals surface area contributed by atoms with Gasteiger partial charge < -0.3 is 9.84 Å². The Balaban J connectivity index is 2.06. The topological polar surface area (TPSA) is 46.5 Å². The molecule has 18 heavy (non-hydrogen) atoms. The molecule has 2 aliphatic carbocycles. The highest BCUT2D eigenvalue weighted by Gasteiger charge is 2.54. The maximum atomic E-state index is 11.7. The van der Waals surface area contributed by atoms with Crippen LogP contribution in [-0.4, -0.2) is 22.8 Å². The lowest BCUT2D eigenvalue weighted by Gasteiger charge is -2.32. The van der Waals surface area contributed by atoms with Gasteiger partial charge in [0.1, 0.15) is 6.10 Å². The Kier molecular flexibility index (Phi) is 2.46. The van der Waals surface area contributed by atoms with Gasteiger partial charge in [-0.3, -0.25) is 0 Å². The van der Waals surface area contributed by atoms with Crippen LogP contribution in [0, 0.1) is 11.8 Å². The third-order valence-electron chi connectivity index (χ3n) is 5.00. The van der Waals surface area contributed by atoms with E-state index >= 15 is 0 Å². The van der Waals surface area contributed by atoms with Crippen molar-refractivity contribution in [3.8, 4) is 0 Å². The summed E-state index contributed by atoms with van der Waals surface area (Å²) in [6.07, 6.45) is 3.39. The standard InChI is InChI=1S/C15H20O3/c1-8-4-5-11-9(2)14(16)18-13(11)12-10(8)6-7-15(12,3)17/h11-13,17H,2,4-7H2,1,3H3/t11?,12?,13-,15+/m0/s1. The zero-order valence-electron chi connectivity index (χ0n) is 11.0. The van der Waals surface area contributed by atoms with Crippen LogP contribution in [0.3, 0.4) is 0 Å². The molecule has 0 aromatic heterocycles. The third-order valence-corrected chi connectivity index (χ3v) is 5.00. The van der Waals surface area contributed by atoms with Crippen LogP contribution < -0.4 is 0 Å². The molecule has 3 nitrogen and oxygen atoms in total. The molecule has 1 N–H and O–H groups in total. The Hall–Kier alpha value is -1.09. The zero-order valence-corrected chi connectivity index (χ0v) is 11.0. The number of allylic oxidation sites excluding steroid dienone is 1. The van der Waals surface area contributed by atoms with Crippen molar-refractivity contribution >= 4 is 5.97 Å². The van der Waals surface area contributed by atoms with Crippen LogP contribution in [0.15, 0.2) is 23.3 Å². The molecular weight excluding hydrogens is 228 g/mol. The van der Waals surface area contributed by atoms with E-state index in [-0.39, 0.29) is 23.9 Å². The molecular formula is C15H20O3. The first-order valence-electron chi connectivity index (χ1n) is 6.72. The van der Waals surface area contributed by atoms with E-state index in [0.29, 0.717) is 5.57 Å². The lowest BCUT2D eigenvalue weighted by molar-refractivity contribution is -0.144. The van der Waals surface area contributed by atoms with Crippen molar-refractivity contribution in [2.75, 3.05) is 0 Å². The Morgan fingerprint density at radius 2 is 2.17 bits per heavy atom. The molecule has 3 rings (SSSR count). The fourth-order valence-corrected chi connectivity index (χ4v) is 3.91. The molecule has 1 saturated carbocycles. The van der Waals surface area contributed by atoms with Crippen molar-refractivity contribution in [3.63, 3.8) is 0 Å². The lowest BCUT2D eigenvalue weighted by Crippen LogP contribution is -2.40. The average molecular weight is 248 g/mol. The van der Waals surface area contributed by atoms with Gasteiger partial charge >= 0.3 is 5.97 Å². The van der Waals surface area contributed by atoms with Gasteiger partial charge in [-0.15, -0.1) is 0 Å². The zero-order chi connectivity index (χ0) is 13.1. The van der Waals surface area contributed by atoms with Crippen molar-refractivity contribution in [1.82, 2.24) is 0 Å². The largest absolute Gasteiger partial charge is 0.458 e. The Bertz CT molecular complexity index is 458. The van der Waals surface area contributed by atoms with E-state index in [1.165, 1.54) is 11.1 Å². The maximum absolute atomic E-state index is 11.7. The Labute approximate surface area is 108 Å². The van der Waals surface area contributed by atoms with Gasteiger partial charge in [-0.1, -0.05) is 17.7 Å². The molecule has 1 aliphatic heterocycles. The quantitative estimate of drug-likeness (QED) is 0.406. The summed E-state index contributed by atoms with van der Waals surface area (Å²) >= 11 is 0. The van der Waals surface area contributed by atoms with E-state index in [4.69, 9.17) is 4.74 Å². The molecule has 1 heterocycles. The number of rotatable bonds is 0. The second kappa shape index (κ2) is 3.70. The maximum Gasteiger partial charge on any atom is 0.334 e. The molecule has 0 spiro atoms. The summed E-state index contributed by atoms with van der Waals surface area (Å²) in [5, 5.41) is 10.6. The highest BCUT2D eigenvalue weighted by Crippen LogP contribution is 2.52. The third kappa shape index (κ3) is 1.50. The summed E-state index contributed by atoms with van der Waals surface area (Å²) in [6, 6.07) is 0. The minimum atomic E-state index is -0.755. The molecule has 0 bridgehead atoms. The summed E-state index contributed by atoms with van der Waals surface area (Å²) in [4.78, 5) is 11.7. The second-order valence-electron chi connectivity index (χ2n) is 6.18. The fraction of sp³-hybridized carbons (Fsp3) is 0.667. The number of esters is 1. The van der Waals surface area contributed by atoms with Gasteiger partial charge in [0.15, 0.2) is 0 Å². The van der Waals surface area contributed by atoms with Gasteiger partial charge in [-0.05, 0) is 39.5 Å². The molecule has 4 atom stereocenters. The molecule has 0 aromatic carbocycles. The molecule has 98 valence electrons. The summed E-state index contributed by atoms with van der Waals surface area (Å²) in [5.74, 6) is -0.223. The summed E-state index contributed by atoms with van der Waals surface area (Å²) in [5.41, 5.74) is 2.53. The normalized spacial score (nSPS) is 43.6. The molecule has 3 heteroatoms. The van der Waals surface area contributed by atoms with Crippen LogP contribution in [-0.2, 0) is 9.53 Å². The summed E-state index contributed by atoms with van der Waals surface area (Å²) < 4.78 is 5.52. The number of carbonyl (C=O) groups is 1. The van der Waals surface area contributed by atoms with Crippen molar-refractivity contribution in [3.05, 3.63) is 23.3 Å². The van der Waals surface area contributed by atoms with E-state index in [1.54, 1.807) is 0 Å². The molecule has 0 aromatic rings. The minimum absolute atomic E-state index is 0.0341. The van der Waals surface area contributed by atoms with Gasteiger partial charge in [0.2, 0.25) is 0 Å². The van der Waals surface area contributed by atoms with Crippen LogP contribution >= 0.6 is 0 Å². The van der Waals surface area contributed by atoms with E-state index < -0.39 is 5.60 Å². The van der Waals surface area contributed by atoms with E-state index in [2.05, 4.69) is 13.5 Å². The first-order valence-corrected chi connectivity index (χ1v) is 6.72. The number of fused-ring (bicyclic) bond motifs is 3. The van der Waals surface area contributed by atoms with Crippen LogP contribution in [0.1, 0.15) is 39.5 Å². The number of aliphatic hydroxyl groups is 1. The van der Waals surface area contributed by atoms with Crippen LogP contribution in [0.5, 0.6) is 0 Å². The number of hydrogen-bond donors (Lipinski definition) is 1. The lowest BCUT2D eigenvalue weighted by atomic mass is 9.79. The van der Waals surface area contributed by atoms with Gasteiger partial charge in [-0.25, -0.2) is 4.79 Å². The molecule has 0 radical (unpaired) electrons. The summed E-state index contributed by atoms with van der Waals surface area (Å²) in [6.45, 7) is 7.89.